The molecule has 3 N–H and O–H groups in total. The predicted octanol–water partition coefficient (Wildman–Crippen LogP) is -0.224. The molecule has 3 amide bonds. The smallest absolute Gasteiger partial charge is 0.315 e. The number of sulfone groups is 1. The molecule has 1 saturated heterocycles. The minimum absolute atomic E-state index is 0.0268. The van der Waals surface area contributed by atoms with Crippen LogP contribution in [0.1, 0.15) is 33.1 Å². The molecule has 0 aromatic rings. The van der Waals surface area contributed by atoms with E-state index in [1.807, 2.05) is 13.8 Å². The van der Waals surface area contributed by atoms with Crippen LogP contribution in [0.25, 0.3) is 0 Å². The second-order valence-corrected chi connectivity index (χ2v) is 8.45. The lowest BCUT2D eigenvalue weighted by Gasteiger charge is -2.23. The third-order valence-corrected chi connectivity index (χ3v) is 5.50. The fraction of sp³-hybridized carbons (Fsp3) is 0.846. The molecule has 1 aliphatic heterocycles. The molecule has 0 aromatic carbocycles. The van der Waals surface area contributed by atoms with Crippen molar-refractivity contribution < 1.29 is 18.0 Å². The van der Waals surface area contributed by atoms with Gasteiger partial charge in [-0.25, -0.2) is 13.2 Å². The SMILES string of the molecule is CC(C)[C@@H](NC(=O)NC1CCS(=O)(=O)C1)C(=O)NC1CC1. The fourth-order valence-corrected chi connectivity index (χ4v) is 4.00. The van der Waals surface area contributed by atoms with Crippen LogP contribution in [-0.2, 0) is 14.6 Å². The summed E-state index contributed by atoms with van der Waals surface area (Å²) in [6.07, 6.45) is 2.40. The lowest BCUT2D eigenvalue weighted by atomic mass is 10.0. The first-order valence-corrected chi connectivity index (χ1v) is 9.17. The largest absolute Gasteiger partial charge is 0.352 e. The quantitative estimate of drug-likeness (QED) is 0.652. The molecule has 0 aromatic heterocycles. The van der Waals surface area contributed by atoms with E-state index in [-0.39, 0.29) is 35.4 Å². The van der Waals surface area contributed by atoms with E-state index in [4.69, 9.17) is 0 Å². The van der Waals surface area contributed by atoms with Gasteiger partial charge in [-0.05, 0) is 25.2 Å². The zero-order chi connectivity index (χ0) is 15.6. The molecule has 8 heteroatoms. The van der Waals surface area contributed by atoms with Crippen molar-refractivity contribution in [1.29, 1.82) is 0 Å². The van der Waals surface area contributed by atoms with Gasteiger partial charge in [0.15, 0.2) is 9.84 Å². The van der Waals surface area contributed by atoms with Crippen molar-refractivity contribution in [3.63, 3.8) is 0 Å². The number of carbonyl (C=O) groups is 2. The standard InChI is InChI=1S/C13H23N3O4S/c1-8(2)11(12(17)14-9-3-4-9)16-13(18)15-10-5-6-21(19,20)7-10/h8-11H,3-7H2,1-2H3,(H,14,17)(H2,15,16,18)/t10?,11-/m1/s1. The van der Waals surface area contributed by atoms with Gasteiger partial charge in [-0.1, -0.05) is 13.8 Å². The number of rotatable bonds is 5. The van der Waals surface area contributed by atoms with Crippen molar-refractivity contribution in [1.82, 2.24) is 16.0 Å². The third kappa shape index (κ3) is 4.87. The number of urea groups is 1. The number of nitrogens with one attached hydrogen (secondary N) is 3. The molecule has 1 unspecified atom stereocenters. The van der Waals surface area contributed by atoms with Crippen LogP contribution in [0.3, 0.4) is 0 Å². The van der Waals surface area contributed by atoms with E-state index in [2.05, 4.69) is 16.0 Å². The molecule has 0 bridgehead atoms. The molecule has 7 nitrogen and oxygen atoms in total. The summed E-state index contributed by atoms with van der Waals surface area (Å²) in [5, 5.41) is 8.15. The first-order valence-electron chi connectivity index (χ1n) is 7.34. The van der Waals surface area contributed by atoms with E-state index in [1.54, 1.807) is 0 Å². The summed E-state index contributed by atoms with van der Waals surface area (Å²) < 4.78 is 22.7. The molecular weight excluding hydrogens is 294 g/mol. The maximum Gasteiger partial charge on any atom is 0.315 e. The van der Waals surface area contributed by atoms with Gasteiger partial charge in [0.2, 0.25) is 5.91 Å². The predicted molar refractivity (Wildman–Crippen MR) is 78.5 cm³/mol. The van der Waals surface area contributed by atoms with Gasteiger partial charge >= 0.3 is 6.03 Å². The Morgan fingerprint density at radius 1 is 1.05 bits per heavy atom. The van der Waals surface area contributed by atoms with Crippen LogP contribution in [0.15, 0.2) is 0 Å². The summed E-state index contributed by atoms with van der Waals surface area (Å²) >= 11 is 0. The first-order chi connectivity index (χ1) is 9.77. The first kappa shape index (κ1) is 16.1. The minimum atomic E-state index is -3.03. The van der Waals surface area contributed by atoms with Gasteiger partial charge in [0, 0.05) is 12.1 Å². The van der Waals surface area contributed by atoms with Crippen molar-refractivity contribution in [2.75, 3.05) is 11.5 Å². The Hall–Kier alpha value is -1.31. The number of hydrogen-bond acceptors (Lipinski definition) is 4. The zero-order valence-corrected chi connectivity index (χ0v) is 13.2. The number of hydrogen-bond donors (Lipinski definition) is 3. The van der Waals surface area contributed by atoms with Crippen molar-refractivity contribution >= 4 is 21.8 Å². The molecule has 0 radical (unpaired) electrons. The second kappa shape index (κ2) is 6.21. The molecule has 2 fully saturated rings. The highest BCUT2D eigenvalue weighted by molar-refractivity contribution is 7.91. The normalized spacial score (nSPS) is 25.4. The Bertz CT molecular complexity index is 514. The Kier molecular flexibility index (Phi) is 4.75. The van der Waals surface area contributed by atoms with E-state index in [0.717, 1.165) is 12.8 Å². The van der Waals surface area contributed by atoms with E-state index in [1.165, 1.54) is 0 Å². The van der Waals surface area contributed by atoms with Gasteiger partial charge in [-0.3, -0.25) is 4.79 Å². The molecule has 21 heavy (non-hydrogen) atoms. The van der Waals surface area contributed by atoms with E-state index in [9.17, 15) is 18.0 Å². The van der Waals surface area contributed by atoms with E-state index >= 15 is 0 Å². The average Bonchev–Trinajstić information content (AvgIpc) is 3.10. The third-order valence-electron chi connectivity index (χ3n) is 3.73. The van der Waals surface area contributed by atoms with Crippen molar-refractivity contribution in [2.45, 2.75) is 51.2 Å². The number of amides is 3. The fourth-order valence-electron chi connectivity index (χ4n) is 2.33. The maximum atomic E-state index is 12.1. The van der Waals surface area contributed by atoms with Gasteiger partial charge in [0.05, 0.1) is 11.5 Å². The lowest BCUT2D eigenvalue weighted by Crippen LogP contribution is -2.54. The zero-order valence-electron chi connectivity index (χ0n) is 12.4. The molecule has 120 valence electrons. The molecule has 2 rings (SSSR count). The maximum absolute atomic E-state index is 12.1. The van der Waals surface area contributed by atoms with Crippen LogP contribution in [0.5, 0.6) is 0 Å². The second-order valence-electron chi connectivity index (χ2n) is 6.22. The van der Waals surface area contributed by atoms with Crippen molar-refractivity contribution in [2.24, 2.45) is 5.92 Å². The average molecular weight is 317 g/mol. The Balaban J connectivity index is 1.84. The van der Waals surface area contributed by atoms with Gasteiger partial charge in [-0.15, -0.1) is 0 Å². The molecular formula is C13H23N3O4S. The monoisotopic (exact) mass is 317 g/mol. The van der Waals surface area contributed by atoms with Crippen molar-refractivity contribution in [3.05, 3.63) is 0 Å². The minimum Gasteiger partial charge on any atom is -0.352 e. The highest BCUT2D eigenvalue weighted by Gasteiger charge is 2.32. The highest BCUT2D eigenvalue weighted by Crippen LogP contribution is 2.19. The molecule has 1 saturated carbocycles. The Morgan fingerprint density at radius 2 is 1.71 bits per heavy atom. The highest BCUT2D eigenvalue weighted by atomic mass is 32.2. The van der Waals surface area contributed by atoms with Gasteiger partial charge in [0.25, 0.3) is 0 Å². The van der Waals surface area contributed by atoms with Crippen LogP contribution in [-0.4, -0.2) is 50.0 Å². The summed E-state index contributed by atoms with van der Waals surface area (Å²) in [4.78, 5) is 24.0. The van der Waals surface area contributed by atoms with Crippen LogP contribution >= 0.6 is 0 Å². The summed E-state index contributed by atoms with van der Waals surface area (Å²) in [6, 6.07) is -1.22. The summed E-state index contributed by atoms with van der Waals surface area (Å²) in [5.41, 5.74) is 0. The van der Waals surface area contributed by atoms with E-state index < -0.39 is 21.9 Å². The van der Waals surface area contributed by atoms with Gasteiger partial charge < -0.3 is 16.0 Å². The van der Waals surface area contributed by atoms with Crippen LogP contribution < -0.4 is 16.0 Å². The van der Waals surface area contributed by atoms with E-state index in [0.29, 0.717) is 6.42 Å². The van der Waals surface area contributed by atoms with Crippen LogP contribution in [0.2, 0.25) is 0 Å². The van der Waals surface area contributed by atoms with Crippen LogP contribution in [0.4, 0.5) is 4.79 Å². The lowest BCUT2D eigenvalue weighted by molar-refractivity contribution is -0.124. The Morgan fingerprint density at radius 3 is 2.19 bits per heavy atom. The van der Waals surface area contributed by atoms with Crippen molar-refractivity contribution in [3.8, 4) is 0 Å². The summed E-state index contributed by atoms with van der Waals surface area (Å²) in [6.45, 7) is 3.72. The topological polar surface area (TPSA) is 104 Å². The summed E-state index contributed by atoms with van der Waals surface area (Å²) in [7, 11) is -3.03. The molecule has 2 atom stereocenters. The van der Waals surface area contributed by atoms with Gasteiger partial charge in [0.1, 0.15) is 6.04 Å². The molecule has 2 aliphatic rings. The molecule has 1 heterocycles. The molecule has 1 aliphatic carbocycles. The number of carbonyl (C=O) groups excluding carboxylic acids is 2. The van der Waals surface area contributed by atoms with Crippen LogP contribution in [0, 0.1) is 5.92 Å². The van der Waals surface area contributed by atoms with Gasteiger partial charge in [-0.2, -0.15) is 0 Å². The summed E-state index contributed by atoms with van der Waals surface area (Å²) in [5.74, 6) is -0.141. The Labute approximate surface area is 125 Å². The molecule has 0 spiro atoms.